The van der Waals surface area contributed by atoms with Gasteiger partial charge in [0.05, 0.1) is 12.1 Å². The highest BCUT2D eigenvalue weighted by atomic mass is 32.2. The first kappa shape index (κ1) is 15.3. The molecular formula is C14H16N2O4S. The zero-order valence-corrected chi connectivity index (χ0v) is 12.3. The third kappa shape index (κ3) is 3.71. The van der Waals surface area contributed by atoms with E-state index in [1.807, 2.05) is 30.3 Å². The molecule has 6 nitrogen and oxygen atoms in total. The molecule has 0 heterocycles. The number of nitrogens with one attached hydrogen (secondary N) is 1. The van der Waals surface area contributed by atoms with Gasteiger partial charge in [0.25, 0.3) is 0 Å². The van der Waals surface area contributed by atoms with E-state index in [4.69, 9.17) is 5.11 Å². The fourth-order valence-electron chi connectivity index (χ4n) is 1.90. The summed E-state index contributed by atoms with van der Waals surface area (Å²) in [5.74, 6) is -1.04. The summed E-state index contributed by atoms with van der Waals surface area (Å²) in [7, 11) is -2.44. The van der Waals surface area contributed by atoms with E-state index in [0.717, 1.165) is 15.1 Å². The standard InChI is InChI=1S/C14H16N2O4S/c1-16(10-9-14(17)18)21(19,20)15-13-8-4-6-11-5-2-3-7-12(11)13/h2-8,15H,9-10H2,1H3,(H,17,18). The Labute approximate surface area is 123 Å². The van der Waals surface area contributed by atoms with Crippen molar-refractivity contribution < 1.29 is 18.3 Å². The van der Waals surface area contributed by atoms with Crippen LogP contribution in [0.4, 0.5) is 5.69 Å². The zero-order valence-electron chi connectivity index (χ0n) is 11.5. The molecule has 0 fully saturated rings. The number of carbonyl (C=O) groups is 1. The van der Waals surface area contributed by atoms with Crippen LogP contribution < -0.4 is 4.72 Å². The van der Waals surface area contributed by atoms with Gasteiger partial charge in [-0.15, -0.1) is 0 Å². The maximum Gasteiger partial charge on any atom is 0.304 e. The van der Waals surface area contributed by atoms with Crippen LogP contribution in [0.5, 0.6) is 0 Å². The van der Waals surface area contributed by atoms with Gasteiger partial charge < -0.3 is 5.11 Å². The topological polar surface area (TPSA) is 86.7 Å². The van der Waals surface area contributed by atoms with Gasteiger partial charge in [0.1, 0.15) is 0 Å². The summed E-state index contributed by atoms with van der Waals surface area (Å²) >= 11 is 0. The van der Waals surface area contributed by atoms with Crippen molar-refractivity contribution in [1.82, 2.24) is 4.31 Å². The lowest BCUT2D eigenvalue weighted by Gasteiger charge is -2.18. The van der Waals surface area contributed by atoms with Crippen LogP contribution in [0.2, 0.25) is 0 Å². The van der Waals surface area contributed by atoms with E-state index >= 15 is 0 Å². The average Bonchev–Trinajstić information content (AvgIpc) is 2.44. The number of nitrogens with zero attached hydrogens (tertiary/aromatic N) is 1. The number of carboxylic acid groups (broad SMARTS) is 1. The lowest BCUT2D eigenvalue weighted by atomic mass is 10.1. The summed E-state index contributed by atoms with van der Waals surface area (Å²) in [6.45, 7) is -0.0879. The van der Waals surface area contributed by atoms with Crippen molar-refractivity contribution in [1.29, 1.82) is 0 Å². The van der Waals surface area contributed by atoms with Crippen molar-refractivity contribution >= 4 is 32.6 Å². The molecule has 0 amide bonds. The summed E-state index contributed by atoms with van der Waals surface area (Å²) < 4.78 is 27.8. The molecule has 21 heavy (non-hydrogen) atoms. The van der Waals surface area contributed by atoms with Crippen molar-refractivity contribution in [3.05, 3.63) is 42.5 Å². The molecule has 0 bridgehead atoms. The highest BCUT2D eigenvalue weighted by Crippen LogP contribution is 2.24. The largest absolute Gasteiger partial charge is 0.481 e. The molecule has 0 atom stereocenters. The van der Waals surface area contributed by atoms with E-state index in [1.165, 1.54) is 7.05 Å². The predicted octanol–water partition coefficient (Wildman–Crippen LogP) is 1.90. The molecule has 0 aliphatic carbocycles. The van der Waals surface area contributed by atoms with Crippen LogP contribution in [0.15, 0.2) is 42.5 Å². The van der Waals surface area contributed by atoms with E-state index in [9.17, 15) is 13.2 Å². The SMILES string of the molecule is CN(CCC(=O)O)S(=O)(=O)Nc1cccc2ccccc12. The lowest BCUT2D eigenvalue weighted by molar-refractivity contribution is -0.137. The van der Waals surface area contributed by atoms with Crippen molar-refractivity contribution in [2.24, 2.45) is 0 Å². The molecule has 0 radical (unpaired) electrons. The number of hydrogen-bond donors (Lipinski definition) is 2. The van der Waals surface area contributed by atoms with Gasteiger partial charge in [0.15, 0.2) is 0 Å². The number of carboxylic acids is 1. The molecule has 0 spiro atoms. The van der Waals surface area contributed by atoms with Crippen molar-refractivity contribution in [2.75, 3.05) is 18.3 Å². The van der Waals surface area contributed by atoms with E-state index in [1.54, 1.807) is 12.1 Å². The first-order chi connectivity index (χ1) is 9.90. The number of anilines is 1. The highest BCUT2D eigenvalue weighted by molar-refractivity contribution is 7.90. The Bertz CT molecular complexity index is 753. The molecule has 0 saturated heterocycles. The fourth-order valence-corrected chi connectivity index (χ4v) is 2.85. The third-order valence-corrected chi connectivity index (χ3v) is 4.56. The first-order valence-electron chi connectivity index (χ1n) is 6.34. The maximum absolute atomic E-state index is 12.2. The molecule has 0 aliphatic rings. The third-order valence-electron chi connectivity index (χ3n) is 3.08. The predicted molar refractivity (Wildman–Crippen MR) is 81.4 cm³/mol. The second-order valence-corrected chi connectivity index (χ2v) is 6.38. The summed E-state index contributed by atoms with van der Waals surface area (Å²) in [6.07, 6.45) is -0.243. The van der Waals surface area contributed by atoms with Gasteiger partial charge in [-0.1, -0.05) is 36.4 Å². The van der Waals surface area contributed by atoms with Crippen LogP contribution >= 0.6 is 0 Å². The Morgan fingerprint density at radius 1 is 1.19 bits per heavy atom. The highest BCUT2D eigenvalue weighted by Gasteiger charge is 2.19. The monoisotopic (exact) mass is 308 g/mol. The summed E-state index contributed by atoms with van der Waals surface area (Å²) in [5.41, 5.74) is 0.468. The summed E-state index contributed by atoms with van der Waals surface area (Å²) in [4.78, 5) is 10.5. The van der Waals surface area contributed by atoms with Crippen LogP contribution in [-0.2, 0) is 15.0 Å². The second-order valence-electron chi connectivity index (χ2n) is 4.60. The van der Waals surface area contributed by atoms with Gasteiger partial charge >= 0.3 is 16.2 Å². The fraction of sp³-hybridized carbons (Fsp3) is 0.214. The molecule has 0 aromatic heterocycles. The number of hydrogen-bond acceptors (Lipinski definition) is 3. The summed E-state index contributed by atoms with van der Waals surface area (Å²) in [5, 5.41) is 10.3. The molecular weight excluding hydrogens is 292 g/mol. The minimum atomic E-state index is -3.78. The quantitative estimate of drug-likeness (QED) is 0.853. The Morgan fingerprint density at radius 2 is 1.86 bits per heavy atom. The van der Waals surface area contributed by atoms with Crippen LogP contribution in [0, 0.1) is 0 Å². The Balaban J connectivity index is 2.24. The van der Waals surface area contributed by atoms with Gasteiger partial charge in [0.2, 0.25) is 0 Å². The summed E-state index contributed by atoms with van der Waals surface area (Å²) in [6, 6.07) is 12.7. The molecule has 0 saturated carbocycles. The van der Waals surface area contributed by atoms with E-state index in [2.05, 4.69) is 4.72 Å². The Morgan fingerprint density at radius 3 is 2.57 bits per heavy atom. The molecule has 2 N–H and O–H groups in total. The second kappa shape index (κ2) is 6.11. The number of benzene rings is 2. The number of aliphatic carboxylic acids is 1. The van der Waals surface area contributed by atoms with Crippen LogP contribution in [-0.4, -0.2) is 37.4 Å². The molecule has 0 aliphatic heterocycles. The molecule has 112 valence electrons. The van der Waals surface area contributed by atoms with Crippen molar-refractivity contribution in [2.45, 2.75) is 6.42 Å². The molecule has 2 aromatic carbocycles. The number of fused-ring (bicyclic) bond motifs is 1. The van der Waals surface area contributed by atoms with Gasteiger partial charge in [0, 0.05) is 19.0 Å². The van der Waals surface area contributed by atoms with Gasteiger partial charge in [-0.05, 0) is 11.5 Å². The van der Waals surface area contributed by atoms with Gasteiger partial charge in [-0.25, -0.2) is 0 Å². The van der Waals surface area contributed by atoms with E-state index in [0.29, 0.717) is 5.69 Å². The molecule has 0 unspecified atom stereocenters. The van der Waals surface area contributed by atoms with E-state index in [-0.39, 0.29) is 13.0 Å². The lowest BCUT2D eigenvalue weighted by Crippen LogP contribution is -2.34. The zero-order chi connectivity index (χ0) is 15.5. The normalized spacial score (nSPS) is 11.7. The number of rotatable bonds is 6. The van der Waals surface area contributed by atoms with Crippen LogP contribution in [0.25, 0.3) is 10.8 Å². The minimum absolute atomic E-state index is 0.0879. The Kier molecular flexibility index (Phi) is 4.44. The van der Waals surface area contributed by atoms with Gasteiger partial charge in [-0.2, -0.15) is 12.7 Å². The minimum Gasteiger partial charge on any atom is -0.481 e. The van der Waals surface area contributed by atoms with Crippen LogP contribution in [0.3, 0.4) is 0 Å². The van der Waals surface area contributed by atoms with Crippen molar-refractivity contribution in [3.8, 4) is 0 Å². The van der Waals surface area contributed by atoms with Crippen LogP contribution in [0.1, 0.15) is 6.42 Å². The molecule has 2 aromatic rings. The average molecular weight is 308 g/mol. The molecule has 7 heteroatoms. The van der Waals surface area contributed by atoms with Gasteiger partial charge in [-0.3, -0.25) is 9.52 Å². The first-order valence-corrected chi connectivity index (χ1v) is 7.78. The smallest absolute Gasteiger partial charge is 0.304 e. The van der Waals surface area contributed by atoms with Crippen molar-refractivity contribution in [3.63, 3.8) is 0 Å². The Hall–Kier alpha value is -2.12. The molecule has 2 rings (SSSR count). The maximum atomic E-state index is 12.2. The van der Waals surface area contributed by atoms with E-state index < -0.39 is 16.2 Å².